The van der Waals surface area contributed by atoms with Gasteiger partial charge in [0.15, 0.2) is 0 Å². The number of furan rings is 1. The molecule has 2 aromatic heterocycles. The summed E-state index contributed by atoms with van der Waals surface area (Å²) in [5.41, 5.74) is 1.21. The molecule has 1 N–H and O–H groups in total. The van der Waals surface area contributed by atoms with Crippen LogP contribution in [0.1, 0.15) is 21.9 Å². The second kappa shape index (κ2) is 5.58. The average Bonchev–Trinajstić information content (AvgIpc) is 2.89. The lowest BCUT2D eigenvalue weighted by Gasteiger charge is -2.07. The molecule has 3 rings (SSSR count). The van der Waals surface area contributed by atoms with Crippen molar-refractivity contribution in [2.45, 2.75) is 13.5 Å². The van der Waals surface area contributed by atoms with Crippen LogP contribution in [0.25, 0.3) is 10.9 Å². The van der Waals surface area contributed by atoms with E-state index in [9.17, 15) is 4.79 Å². The van der Waals surface area contributed by atoms with Gasteiger partial charge in [-0.3, -0.25) is 4.79 Å². The van der Waals surface area contributed by atoms with Gasteiger partial charge in [-0.15, -0.1) is 0 Å². The first kappa shape index (κ1) is 13.6. The van der Waals surface area contributed by atoms with E-state index >= 15 is 0 Å². The highest BCUT2D eigenvalue weighted by Crippen LogP contribution is 2.20. The highest BCUT2D eigenvalue weighted by atomic mass is 35.5. The number of fused-ring (bicyclic) bond motifs is 1. The Balaban J connectivity index is 1.87. The Bertz CT molecular complexity index is 811. The molecular weight excluding hydrogens is 288 g/mol. The molecule has 0 radical (unpaired) electrons. The molecule has 0 fully saturated rings. The summed E-state index contributed by atoms with van der Waals surface area (Å²) in [7, 11) is 0. The Hall–Kier alpha value is -2.33. The maximum Gasteiger partial charge on any atom is 0.252 e. The number of carbonyl (C=O) groups excluding carboxylic acids is 1. The smallest absolute Gasteiger partial charge is 0.252 e. The highest BCUT2D eigenvalue weighted by molar-refractivity contribution is 6.30. The van der Waals surface area contributed by atoms with Crippen molar-refractivity contribution in [3.8, 4) is 0 Å². The number of para-hydroxylation sites is 1. The number of hydrogen-bond donors (Lipinski definition) is 1. The Morgan fingerprint density at radius 1 is 1.29 bits per heavy atom. The minimum atomic E-state index is -0.204. The molecule has 1 amide bonds. The van der Waals surface area contributed by atoms with Gasteiger partial charge in [-0.05, 0) is 31.2 Å². The lowest BCUT2D eigenvalue weighted by atomic mass is 10.1. The normalized spacial score (nSPS) is 10.8. The standard InChI is InChI=1S/C16H13ClN2O2/c1-10-6-7-11(21-10)9-18-16(20)13-8-15(17)19-14-5-3-2-4-12(13)14/h2-8H,9H2,1H3,(H,18,20). The zero-order chi connectivity index (χ0) is 14.8. The number of nitrogens with zero attached hydrogens (tertiary/aromatic N) is 1. The summed E-state index contributed by atoms with van der Waals surface area (Å²) in [6, 6.07) is 12.7. The van der Waals surface area contributed by atoms with Gasteiger partial charge in [0.25, 0.3) is 5.91 Å². The average molecular weight is 301 g/mol. The molecule has 0 aliphatic heterocycles. The first-order valence-corrected chi connectivity index (χ1v) is 6.90. The fourth-order valence-corrected chi connectivity index (χ4v) is 2.37. The maximum atomic E-state index is 12.4. The van der Waals surface area contributed by atoms with E-state index in [1.165, 1.54) is 0 Å². The van der Waals surface area contributed by atoms with Crippen LogP contribution in [-0.4, -0.2) is 10.9 Å². The lowest BCUT2D eigenvalue weighted by Crippen LogP contribution is -2.23. The third-order valence-corrected chi connectivity index (χ3v) is 3.34. The van der Waals surface area contributed by atoms with E-state index in [2.05, 4.69) is 10.3 Å². The first-order valence-electron chi connectivity index (χ1n) is 6.52. The lowest BCUT2D eigenvalue weighted by molar-refractivity contribution is 0.0949. The molecule has 0 aliphatic carbocycles. The van der Waals surface area contributed by atoms with Crippen molar-refractivity contribution in [1.29, 1.82) is 0 Å². The van der Waals surface area contributed by atoms with Crippen molar-refractivity contribution in [2.24, 2.45) is 0 Å². The summed E-state index contributed by atoms with van der Waals surface area (Å²) < 4.78 is 5.43. The Labute approximate surface area is 126 Å². The van der Waals surface area contributed by atoms with Crippen molar-refractivity contribution in [1.82, 2.24) is 10.3 Å². The predicted molar refractivity (Wildman–Crippen MR) is 81.4 cm³/mol. The van der Waals surface area contributed by atoms with E-state index in [1.54, 1.807) is 6.07 Å². The molecule has 1 aromatic carbocycles. The van der Waals surface area contributed by atoms with Crippen molar-refractivity contribution < 1.29 is 9.21 Å². The van der Waals surface area contributed by atoms with Gasteiger partial charge in [-0.25, -0.2) is 4.98 Å². The quantitative estimate of drug-likeness (QED) is 0.750. The molecule has 0 saturated heterocycles. The van der Waals surface area contributed by atoms with E-state index < -0.39 is 0 Å². The number of nitrogens with one attached hydrogen (secondary N) is 1. The summed E-state index contributed by atoms with van der Waals surface area (Å²) in [6.45, 7) is 2.20. The van der Waals surface area contributed by atoms with Crippen molar-refractivity contribution in [3.05, 3.63) is 64.7 Å². The number of benzene rings is 1. The summed E-state index contributed by atoms with van der Waals surface area (Å²) in [4.78, 5) is 16.6. The number of carbonyl (C=O) groups is 1. The number of pyridine rings is 1. The van der Waals surface area contributed by atoms with E-state index in [0.29, 0.717) is 28.5 Å². The molecule has 21 heavy (non-hydrogen) atoms. The molecule has 0 spiro atoms. The Morgan fingerprint density at radius 2 is 2.10 bits per heavy atom. The van der Waals surface area contributed by atoms with Crippen LogP contribution in [0.3, 0.4) is 0 Å². The molecule has 5 heteroatoms. The number of aromatic nitrogens is 1. The summed E-state index contributed by atoms with van der Waals surface area (Å²) in [5.74, 6) is 1.33. The van der Waals surface area contributed by atoms with Gasteiger partial charge in [0.1, 0.15) is 16.7 Å². The Kier molecular flexibility index (Phi) is 3.62. The predicted octanol–water partition coefficient (Wildman–Crippen LogP) is 3.72. The van der Waals surface area contributed by atoms with Gasteiger partial charge >= 0.3 is 0 Å². The van der Waals surface area contributed by atoms with Gasteiger partial charge < -0.3 is 9.73 Å². The number of hydrogen-bond acceptors (Lipinski definition) is 3. The van der Waals surface area contributed by atoms with Gasteiger partial charge in [0, 0.05) is 5.39 Å². The van der Waals surface area contributed by atoms with Crippen LogP contribution in [0.2, 0.25) is 5.15 Å². The van der Waals surface area contributed by atoms with Crippen LogP contribution in [0, 0.1) is 6.92 Å². The third kappa shape index (κ3) is 2.90. The van der Waals surface area contributed by atoms with Crippen molar-refractivity contribution in [2.75, 3.05) is 0 Å². The molecule has 0 atom stereocenters. The number of halogens is 1. The SMILES string of the molecule is Cc1ccc(CNC(=O)c2cc(Cl)nc3ccccc23)o1. The van der Waals surface area contributed by atoms with Crippen molar-refractivity contribution in [3.63, 3.8) is 0 Å². The summed E-state index contributed by atoms with van der Waals surface area (Å²) in [5, 5.41) is 3.90. The zero-order valence-corrected chi connectivity index (χ0v) is 12.1. The van der Waals surface area contributed by atoms with Crippen LogP contribution in [0.5, 0.6) is 0 Å². The highest BCUT2D eigenvalue weighted by Gasteiger charge is 2.12. The molecular formula is C16H13ClN2O2. The number of amides is 1. The van der Waals surface area contributed by atoms with Crippen LogP contribution in [0.15, 0.2) is 46.9 Å². The van der Waals surface area contributed by atoms with Gasteiger partial charge in [0.05, 0.1) is 17.6 Å². The molecule has 0 saturated carbocycles. The second-order valence-corrected chi connectivity index (χ2v) is 5.09. The molecule has 2 heterocycles. The molecule has 0 unspecified atom stereocenters. The van der Waals surface area contributed by atoms with E-state index in [4.69, 9.17) is 16.0 Å². The van der Waals surface area contributed by atoms with E-state index in [0.717, 1.165) is 11.1 Å². The molecule has 0 aliphatic rings. The second-order valence-electron chi connectivity index (χ2n) is 4.70. The fraction of sp³-hybridized carbons (Fsp3) is 0.125. The van der Waals surface area contributed by atoms with Crippen LogP contribution in [-0.2, 0) is 6.54 Å². The summed E-state index contributed by atoms with van der Waals surface area (Å²) >= 11 is 5.98. The molecule has 4 nitrogen and oxygen atoms in total. The maximum absolute atomic E-state index is 12.4. The number of aryl methyl sites for hydroxylation is 1. The third-order valence-electron chi connectivity index (χ3n) is 3.15. The fourth-order valence-electron chi connectivity index (χ4n) is 2.17. The Morgan fingerprint density at radius 3 is 2.86 bits per heavy atom. The summed E-state index contributed by atoms with van der Waals surface area (Å²) in [6.07, 6.45) is 0. The monoisotopic (exact) mass is 300 g/mol. The van der Waals surface area contributed by atoms with Gasteiger partial charge in [-0.2, -0.15) is 0 Å². The minimum absolute atomic E-state index is 0.204. The van der Waals surface area contributed by atoms with E-state index in [1.807, 2.05) is 43.3 Å². The largest absolute Gasteiger partial charge is 0.465 e. The molecule has 0 bridgehead atoms. The van der Waals surface area contributed by atoms with Crippen LogP contribution in [0.4, 0.5) is 0 Å². The minimum Gasteiger partial charge on any atom is -0.465 e. The van der Waals surface area contributed by atoms with Crippen molar-refractivity contribution >= 4 is 28.4 Å². The van der Waals surface area contributed by atoms with Crippen LogP contribution < -0.4 is 5.32 Å². The van der Waals surface area contributed by atoms with Crippen LogP contribution >= 0.6 is 11.6 Å². The van der Waals surface area contributed by atoms with Gasteiger partial charge in [0.2, 0.25) is 0 Å². The number of rotatable bonds is 3. The first-order chi connectivity index (χ1) is 10.1. The molecule has 3 aromatic rings. The van der Waals surface area contributed by atoms with E-state index in [-0.39, 0.29) is 5.91 Å². The molecule has 106 valence electrons. The zero-order valence-electron chi connectivity index (χ0n) is 11.4. The topological polar surface area (TPSA) is 55.1 Å². The van der Waals surface area contributed by atoms with Gasteiger partial charge in [-0.1, -0.05) is 29.8 Å².